The summed E-state index contributed by atoms with van der Waals surface area (Å²) >= 11 is 0. The molecule has 0 spiro atoms. The zero-order valence-corrected chi connectivity index (χ0v) is 26.8. The van der Waals surface area contributed by atoms with Crippen LogP contribution in [0.1, 0.15) is 0 Å². The quantitative estimate of drug-likeness (QED) is 0.181. The molecule has 0 aliphatic rings. The molecule has 4 nitrogen and oxygen atoms in total. The second-order valence-corrected chi connectivity index (χ2v) is 13.3. The molecule has 0 bridgehead atoms. The molecule has 0 amide bonds. The van der Waals surface area contributed by atoms with Crippen LogP contribution in [0, 0.1) is 0 Å². The van der Waals surface area contributed by atoms with Crippen molar-refractivity contribution in [2.24, 2.45) is 0 Å². The van der Waals surface area contributed by atoms with Gasteiger partial charge in [-0.2, -0.15) is 0 Å². The van der Waals surface area contributed by atoms with E-state index < -0.39 is 0 Å². The Morgan fingerprint density at radius 2 is 1.10 bits per heavy atom. The van der Waals surface area contributed by atoms with Crippen LogP contribution in [-0.4, -0.2) is 18.9 Å². The number of rotatable bonds is 3. The normalized spacial score (nSPS) is 12.4. The lowest BCUT2D eigenvalue weighted by atomic mass is 9.97. The van der Waals surface area contributed by atoms with Crippen LogP contribution in [0.15, 0.2) is 158 Å². The van der Waals surface area contributed by atoms with Crippen molar-refractivity contribution in [1.29, 1.82) is 0 Å². The average Bonchev–Trinajstić information content (AvgIpc) is 3.65. The summed E-state index contributed by atoms with van der Waals surface area (Å²) in [6.07, 6.45) is 0. The van der Waals surface area contributed by atoms with E-state index in [-0.39, 0.29) is 0 Å². The van der Waals surface area contributed by atoms with E-state index in [0.717, 1.165) is 33.4 Å². The third-order valence-electron chi connectivity index (χ3n) is 10.8. The Morgan fingerprint density at radius 1 is 0.400 bits per heavy atom. The molecule has 0 aliphatic heterocycles. The molecule has 0 saturated heterocycles. The van der Waals surface area contributed by atoms with Gasteiger partial charge in [-0.15, -0.1) is 0 Å². The first kappa shape index (κ1) is 26.2. The molecule has 8 aromatic carbocycles. The van der Waals surface area contributed by atoms with Gasteiger partial charge in [0.05, 0.1) is 44.5 Å². The molecule has 0 saturated carbocycles. The fraction of sp³-hybridized carbons (Fsp3) is 0. The monoisotopic (exact) mass is 634 g/mol. The summed E-state index contributed by atoms with van der Waals surface area (Å²) in [5, 5.41) is 11.3. The third kappa shape index (κ3) is 3.25. The lowest BCUT2D eigenvalue weighted by molar-refractivity contribution is 1.15. The molecule has 12 rings (SSSR count). The van der Waals surface area contributed by atoms with Crippen LogP contribution in [0.4, 0.5) is 0 Å². The summed E-state index contributed by atoms with van der Waals surface area (Å²) in [6.45, 7) is 0. The summed E-state index contributed by atoms with van der Waals surface area (Å²) in [5.41, 5.74) is 11.1. The number of nitrogens with zero attached hydrogens (tertiary/aromatic N) is 4. The summed E-state index contributed by atoms with van der Waals surface area (Å²) in [4.78, 5) is 10.5. The zero-order chi connectivity index (χ0) is 32.5. The lowest BCUT2D eigenvalue weighted by Gasteiger charge is -2.15. The summed E-state index contributed by atoms with van der Waals surface area (Å²) in [5.74, 6) is 0.712. The van der Waals surface area contributed by atoms with Gasteiger partial charge < -0.3 is 8.97 Å². The van der Waals surface area contributed by atoms with E-state index in [0.29, 0.717) is 5.82 Å². The van der Waals surface area contributed by atoms with Crippen molar-refractivity contribution in [3.8, 4) is 28.3 Å². The highest BCUT2D eigenvalue weighted by Crippen LogP contribution is 2.48. The fourth-order valence-corrected chi connectivity index (χ4v) is 8.78. The SMILES string of the molecule is c1ccc(-c2nc(-c3ccccc3-n3c4ccc5ccc6cccc7c6c5c4c4c3ccc3c5ccccc5n7c34)nc3ccccc23)cc1. The van der Waals surface area contributed by atoms with Gasteiger partial charge in [-0.25, -0.2) is 9.97 Å². The third-order valence-corrected chi connectivity index (χ3v) is 10.8. The second-order valence-electron chi connectivity index (χ2n) is 13.3. The summed E-state index contributed by atoms with van der Waals surface area (Å²) < 4.78 is 4.97. The van der Waals surface area contributed by atoms with Gasteiger partial charge in [0.2, 0.25) is 0 Å². The molecule has 4 aromatic heterocycles. The molecule has 12 aromatic rings. The predicted octanol–water partition coefficient (Wildman–Crippen LogP) is 11.8. The van der Waals surface area contributed by atoms with Crippen LogP contribution in [0.2, 0.25) is 0 Å². The maximum absolute atomic E-state index is 5.32. The Kier molecular flexibility index (Phi) is 4.94. The largest absolute Gasteiger partial charge is 0.308 e. The Labute approximate surface area is 285 Å². The van der Waals surface area contributed by atoms with Crippen molar-refractivity contribution < 1.29 is 0 Å². The van der Waals surface area contributed by atoms with Crippen LogP contribution >= 0.6 is 0 Å². The van der Waals surface area contributed by atoms with Crippen LogP contribution in [0.3, 0.4) is 0 Å². The highest BCUT2D eigenvalue weighted by molar-refractivity contribution is 6.37. The average molecular weight is 635 g/mol. The fourth-order valence-electron chi connectivity index (χ4n) is 8.78. The van der Waals surface area contributed by atoms with E-state index in [1.165, 1.54) is 70.7 Å². The van der Waals surface area contributed by atoms with Gasteiger partial charge in [0.1, 0.15) is 0 Å². The Morgan fingerprint density at radius 3 is 2.02 bits per heavy atom. The minimum atomic E-state index is 0.712. The number of hydrogen-bond acceptors (Lipinski definition) is 2. The van der Waals surface area contributed by atoms with Crippen LogP contribution < -0.4 is 0 Å². The van der Waals surface area contributed by atoms with E-state index in [2.05, 4.69) is 161 Å². The van der Waals surface area contributed by atoms with E-state index in [9.17, 15) is 0 Å². The topological polar surface area (TPSA) is 35.1 Å². The van der Waals surface area contributed by atoms with Crippen molar-refractivity contribution in [2.75, 3.05) is 0 Å². The van der Waals surface area contributed by atoms with Crippen molar-refractivity contribution in [3.05, 3.63) is 158 Å². The smallest absolute Gasteiger partial charge is 0.162 e. The first-order valence-electron chi connectivity index (χ1n) is 17.1. The van der Waals surface area contributed by atoms with Gasteiger partial charge in [0.15, 0.2) is 5.82 Å². The van der Waals surface area contributed by atoms with E-state index in [1.54, 1.807) is 0 Å². The molecule has 230 valence electrons. The molecule has 0 aliphatic carbocycles. The summed E-state index contributed by atoms with van der Waals surface area (Å²) in [6, 6.07) is 56.8. The minimum Gasteiger partial charge on any atom is -0.308 e. The molecule has 0 radical (unpaired) electrons. The maximum Gasteiger partial charge on any atom is 0.162 e. The standard InChI is InChI=1S/C46H26N4/c1-2-11-29(12-3-1)44-32-15-4-7-17-34(32)47-46(48-44)33-16-6-9-19-36(33)49-38-25-23-28-22-21-27-13-10-20-37-40(27)41(28)42(38)43-39(49)26-24-31-30-14-5-8-18-35(30)50(37)45(31)43/h1-26H. The highest BCUT2D eigenvalue weighted by Gasteiger charge is 2.26. The van der Waals surface area contributed by atoms with Gasteiger partial charge >= 0.3 is 0 Å². The molecular formula is C46H26N4. The number of benzene rings is 8. The Balaban J connectivity index is 1.27. The van der Waals surface area contributed by atoms with Crippen molar-refractivity contribution in [3.63, 3.8) is 0 Å². The Hall–Kier alpha value is -6.78. The van der Waals surface area contributed by atoms with Crippen LogP contribution in [-0.2, 0) is 0 Å². The minimum absolute atomic E-state index is 0.712. The zero-order valence-electron chi connectivity index (χ0n) is 26.8. The first-order chi connectivity index (χ1) is 24.8. The van der Waals surface area contributed by atoms with E-state index in [4.69, 9.17) is 9.97 Å². The van der Waals surface area contributed by atoms with Gasteiger partial charge in [-0.3, -0.25) is 0 Å². The summed E-state index contributed by atoms with van der Waals surface area (Å²) in [7, 11) is 0. The van der Waals surface area contributed by atoms with Gasteiger partial charge in [0.25, 0.3) is 0 Å². The van der Waals surface area contributed by atoms with E-state index in [1.807, 2.05) is 6.07 Å². The van der Waals surface area contributed by atoms with Crippen molar-refractivity contribution >= 4 is 81.6 Å². The van der Waals surface area contributed by atoms with Gasteiger partial charge in [-0.1, -0.05) is 115 Å². The molecule has 0 unspecified atom stereocenters. The number of hydrogen-bond donors (Lipinski definition) is 0. The molecule has 50 heavy (non-hydrogen) atoms. The van der Waals surface area contributed by atoms with Crippen molar-refractivity contribution in [2.45, 2.75) is 0 Å². The van der Waals surface area contributed by atoms with Gasteiger partial charge in [-0.05, 0) is 53.2 Å². The predicted molar refractivity (Wildman–Crippen MR) is 208 cm³/mol. The van der Waals surface area contributed by atoms with E-state index >= 15 is 0 Å². The lowest BCUT2D eigenvalue weighted by Crippen LogP contribution is -2.01. The van der Waals surface area contributed by atoms with Gasteiger partial charge in [0, 0.05) is 48.8 Å². The van der Waals surface area contributed by atoms with Crippen LogP contribution in [0.25, 0.3) is 110 Å². The molecule has 0 N–H and O–H groups in total. The molecular weight excluding hydrogens is 609 g/mol. The highest BCUT2D eigenvalue weighted by atomic mass is 15.0. The molecule has 0 atom stereocenters. The molecule has 4 heteroatoms. The molecule has 0 fully saturated rings. The number of para-hydroxylation sites is 3. The first-order valence-corrected chi connectivity index (χ1v) is 17.1. The maximum atomic E-state index is 5.32. The number of fused-ring (bicyclic) bond motifs is 5. The second kappa shape index (κ2) is 9.43. The number of aromatic nitrogens is 4. The molecule has 4 heterocycles. The van der Waals surface area contributed by atoms with Crippen LogP contribution in [0.5, 0.6) is 0 Å². The Bertz CT molecular complexity index is 3310. The van der Waals surface area contributed by atoms with Crippen molar-refractivity contribution in [1.82, 2.24) is 18.9 Å².